The molecular formula is C32H65NO7S. The van der Waals surface area contributed by atoms with E-state index < -0.39 is 32.7 Å². The second kappa shape index (κ2) is 26.4. The molecule has 0 saturated heterocycles. The van der Waals surface area contributed by atoms with Crippen molar-refractivity contribution in [2.75, 3.05) is 0 Å². The molecule has 0 rings (SSSR count). The van der Waals surface area contributed by atoms with Crippen molar-refractivity contribution in [1.29, 1.82) is 0 Å². The molecule has 0 heterocycles. The summed E-state index contributed by atoms with van der Waals surface area (Å²) in [6.45, 7) is 4.42. The largest absolute Gasteiger partial charge is 0.481 e. The highest BCUT2D eigenvalue weighted by atomic mass is 32.2. The molecule has 0 aliphatic heterocycles. The first kappa shape index (κ1) is 41.9. The van der Waals surface area contributed by atoms with Gasteiger partial charge in [-0.25, -0.2) is 0 Å². The molecule has 0 bridgehead atoms. The Hall–Kier alpha value is -1.19. The molecule has 0 amide bonds. The zero-order chi connectivity index (χ0) is 30.1. The molecule has 0 spiro atoms. The Balaban J connectivity index is 0. The average molecular weight is 608 g/mol. The van der Waals surface area contributed by atoms with Gasteiger partial charge in [0.1, 0.15) is 0 Å². The second-order valence-corrected chi connectivity index (χ2v) is 13.6. The third-order valence-corrected chi connectivity index (χ3v) is 10.0. The molecular weight excluding hydrogens is 542 g/mol. The van der Waals surface area contributed by atoms with Crippen molar-refractivity contribution >= 4 is 22.1 Å². The monoisotopic (exact) mass is 607 g/mol. The van der Waals surface area contributed by atoms with Gasteiger partial charge in [0.25, 0.3) is 10.1 Å². The lowest BCUT2D eigenvalue weighted by Crippen LogP contribution is -2.55. The standard InChI is InChI=1S/C32H62O7S.H3N/c1-3-5-7-9-11-13-15-17-19-21-23-25-27-29(30(33)34)32(31(35)36,40(37,38)39)28-26-24-22-20-18-16-14-12-10-8-6-4-2;/h29H,3-28H2,1-2H3,(H,33,34)(H,35,36)(H,37,38,39);1H3. The summed E-state index contributed by atoms with van der Waals surface area (Å²) < 4.78 is 32.1. The van der Waals surface area contributed by atoms with Crippen LogP contribution in [0.4, 0.5) is 0 Å². The molecule has 9 heteroatoms. The third kappa shape index (κ3) is 18.9. The molecule has 0 aromatic carbocycles. The van der Waals surface area contributed by atoms with Gasteiger partial charge < -0.3 is 16.4 Å². The van der Waals surface area contributed by atoms with Gasteiger partial charge in [0.05, 0.1) is 5.92 Å². The lowest BCUT2D eigenvalue weighted by molar-refractivity contribution is -0.152. The van der Waals surface area contributed by atoms with Crippen LogP contribution in [0.1, 0.15) is 181 Å². The molecule has 246 valence electrons. The summed E-state index contributed by atoms with van der Waals surface area (Å²) in [6, 6.07) is 0. The Morgan fingerprint density at radius 2 is 0.854 bits per heavy atom. The molecule has 0 saturated carbocycles. The van der Waals surface area contributed by atoms with E-state index in [0.29, 0.717) is 12.8 Å². The van der Waals surface area contributed by atoms with Crippen molar-refractivity contribution in [3.8, 4) is 0 Å². The molecule has 0 radical (unpaired) electrons. The lowest BCUT2D eigenvalue weighted by Gasteiger charge is -2.32. The summed E-state index contributed by atoms with van der Waals surface area (Å²) >= 11 is 0. The minimum atomic E-state index is -5.13. The van der Waals surface area contributed by atoms with Gasteiger partial charge in [0, 0.05) is 0 Å². The van der Waals surface area contributed by atoms with E-state index in [1.165, 1.54) is 83.5 Å². The Labute approximate surface area is 252 Å². The van der Waals surface area contributed by atoms with Gasteiger partial charge in [-0.15, -0.1) is 0 Å². The summed E-state index contributed by atoms with van der Waals surface area (Å²) in [5.41, 5.74) is 0. The van der Waals surface area contributed by atoms with Gasteiger partial charge >= 0.3 is 11.9 Å². The Bertz CT molecular complexity index is 744. The summed E-state index contributed by atoms with van der Waals surface area (Å²) in [5.74, 6) is -4.90. The predicted molar refractivity (Wildman–Crippen MR) is 169 cm³/mol. The van der Waals surface area contributed by atoms with Crippen LogP contribution in [0, 0.1) is 5.92 Å². The topological polar surface area (TPSA) is 164 Å². The van der Waals surface area contributed by atoms with Crippen LogP contribution in [-0.4, -0.2) is 39.9 Å². The van der Waals surface area contributed by atoms with Gasteiger partial charge in [-0.3, -0.25) is 14.1 Å². The van der Waals surface area contributed by atoms with Crippen LogP contribution in [0.15, 0.2) is 0 Å². The van der Waals surface area contributed by atoms with E-state index in [1.807, 2.05) is 0 Å². The smallest absolute Gasteiger partial charge is 0.328 e. The molecule has 2 unspecified atom stereocenters. The maximum Gasteiger partial charge on any atom is 0.328 e. The molecule has 0 aromatic heterocycles. The van der Waals surface area contributed by atoms with Crippen molar-refractivity contribution in [2.45, 2.75) is 186 Å². The normalized spacial score (nSPS) is 13.8. The second-order valence-electron chi connectivity index (χ2n) is 11.9. The molecule has 8 nitrogen and oxygen atoms in total. The van der Waals surface area contributed by atoms with Crippen molar-refractivity contribution < 1.29 is 32.8 Å². The van der Waals surface area contributed by atoms with Crippen LogP contribution in [0.25, 0.3) is 0 Å². The quantitative estimate of drug-likeness (QED) is 0.0462. The highest BCUT2D eigenvalue weighted by molar-refractivity contribution is 7.88. The van der Waals surface area contributed by atoms with E-state index >= 15 is 0 Å². The SMILES string of the molecule is CCCCCCCCCCCCCCC(C(=O)O)C(CCCCCCCCCCCCCC)(C(=O)O)S(=O)(=O)O.N. The van der Waals surface area contributed by atoms with Gasteiger partial charge in [-0.05, 0) is 12.8 Å². The average Bonchev–Trinajstić information content (AvgIpc) is 2.89. The minimum absolute atomic E-state index is 0. The zero-order valence-electron chi connectivity index (χ0n) is 26.6. The zero-order valence-corrected chi connectivity index (χ0v) is 27.4. The molecule has 0 aromatic rings. The number of carboxylic acids is 2. The molecule has 0 aliphatic rings. The van der Waals surface area contributed by atoms with E-state index in [1.54, 1.807) is 0 Å². The molecule has 41 heavy (non-hydrogen) atoms. The lowest BCUT2D eigenvalue weighted by atomic mass is 9.82. The van der Waals surface area contributed by atoms with Crippen LogP contribution in [0.5, 0.6) is 0 Å². The van der Waals surface area contributed by atoms with Crippen molar-refractivity contribution in [2.24, 2.45) is 5.92 Å². The van der Waals surface area contributed by atoms with Crippen LogP contribution in [-0.2, 0) is 19.7 Å². The minimum Gasteiger partial charge on any atom is -0.481 e. The summed E-state index contributed by atoms with van der Waals surface area (Å²) in [6.07, 6.45) is 25.2. The molecule has 0 aliphatic carbocycles. The first-order valence-electron chi connectivity index (χ1n) is 16.6. The van der Waals surface area contributed by atoms with E-state index in [4.69, 9.17) is 0 Å². The Kier molecular flexibility index (Phi) is 27.0. The summed E-state index contributed by atoms with van der Waals surface area (Å²) in [5, 5.41) is 19.8. The highest BCUT2D eigenvalue weighted by Crippen LogP contribution is 2.37. The fourth-order valence-electron chi connectivity index (χ4n) is 5.82. The maximum atomic E-state index is 12.4. The van der Waals surface area contributed by atoms with Crippen molar-refractivity contribution in [3.05, 3.63) is 0 Å². The van der Waals surface area contributed by atoms with Gasteiger partial charge in [0.2, 0.25) is 4.75 Å². The van der Waals surface area contributed by atoms with Crippen molar-refractivity contribution in [3.63, 3.8) is 0 Å². The van der Waals surface area contributed by atoms with Crippen molar-refractivity contribution in [1.82, 2.24) is 6.15 Å². The summed E-state index contributed by atoms with van der Waals surface area (Å²) in [7, 11) is -5.13. The molecule has 2 atom stereocenters. The predicted octanol–water partition coefficient (Wildman–Crippen LogP) is 9.74. The number of hydrogen-bond donors (Lipinski definition) is 4. The van der Waals surface area contributed by atoms with Crippen LogP contribution >= 0.6 is 0 Å². The van der Waals surface area contributed by atoms with Gasteiger partial charge in [-0.2, -0.15) is 8.42 Å². The van der Waals surface area contributed by atoms with Crippen LogP contribution < -0.4 is 6.15 Å². The highest BCUT2D eigenvalue weighted by Gasteiger charge is 2.58. The van der Waals surface area contributed by atoms with E-state index in [9.17, 15) is 32.8 Å². The number of hydrogen-bond acceptors (Lipinski definition) is 5. The first-order valence-corrected chi connectivity index (χ1v) is 18.0. The van der Waals surface area contributed by atoms with Crippen LogP contribution in [0.3, 0.4) is 0 Å². The fourth-order valence-corrected chi connectivity index (χ4v) is 7.02. The van der Waals surface area contributed by atoms with Gasteiger partial charge in [0.15, 0.2) is 0 Å². The Morgan fingerprint density at radius 3 is 1.12 bits per heavy atom. The number of unbranched alkanes of at least 4 members (excludes halogenated alkanes) is 22. The fraction of sp³-hybridized carbons (Fsp3) is 0.938. The molecule has 0 fully saturated rings. The summed E-state index contributed by atoms with van der Waals surface area (Å²) in [4.78, 5) is 24.4. The van der Waals surface area contributed by atoms with Crippen LogP contribution in [0.2, 0.25) is 0 Å². The number of rotatable bonds is 30. The maximum absolute atomic E-state index is 12.4. The van der Waals surface area contributed by atoms with Gasteiger partial charge in [-0.1, -0.05) is 168 Å². The number of carbonyl (C=O) groups is 2. The number of carboxylic acid groups (broad SMARTS) is 2. The van der Waals surface area contributed by atoms with E-state index in [2.05, 4.69) is 13.8 Å². The molecule has 6 N–H and O–H groups in total. The van der Waals surface area contributed by atoms with E-state index in [0.717, 1.165) is 51.4 Å². The first-order chi connectivity index (χ1) is 19.1. The van der Waals surface area contributed by atoms with E-state index in [-0.39, 0.29) is 25.4 Å². The third-order valence-electron chi connectivity index (χ3n) is 8.43. The Morgan fingerprint density at radius 1 is 0.561 bits per heavy atom. The number of aliphatic carboxylic acids is 2.